The SMILES string of the molecule is O=C(CNC(=O)c1c(F)cccc1Cl)Nc1ccc(F)cc1. The van der Waals surface area contributed by atoms with Crippen LogP contribution in [0, 0.1) is 11.6 Å². The molecule has 0 saturated heterocycles. The van der Waals surface area contributed by atoms with Gasteiger partial charge in [0.2, 0.25) is 5.91 Å². The number of carbonyl (C=O) groups is 2. The molecule has 0 bridgehead atoms. The van der Waals surface area contributed by atoms with Crippen molar-refractivity contribution in [1.82, 2.24) is 5.32 Å². The van der Waals surface area contributed by atoms with Crippen LogP contribution in [0.1, 0.15) is 10.4 Å². The first-order valence-electron chi connectivity index (χ1n) is 6.25. The van der Waals surface area contributed by atoms with E-state index >= 15 is 0 Å². The number of halogens is 3. The first-order chi connectivity index (χ1) is 10.5. The van der Waals surface area contributed by atoms with Crippen LogP contribution in [0.3, 0.4) is 0 Å². The van der Waals surface area contributed by atoms with Crippen molar-refractivity contribution in [2.75, 3.05) is 11.9 Å². The molecule has 0 fully saturated rings. The molecule has 2 N–H and O–H groups in total. The molecule has 0 unspecified atom stereocenters. The second kappa shape index (κ2) is 7.00. The Labute approximate surface area is 130 Å². The number of hydrogen-bond acceptors (Lipinski definition) is 2. The zero-order valence-electron chi connectivity index (χ0n) is 11.2. The quantitative estimate of drug-likeness (QED) is 0.908. The number of amides is 2. The van der Waals surface area contributed by atoms with Gasteiger partial charge in [0.05, 0.1) is 17.1 Å². The number of carbonyl (C=O) groups excluding carboxylic acids is 2. The van der Waals surface area contributed by atoms with Crippen LogP contribution in [0.2, 0.25) is 5.02 Å². The van der Waals surface area contributed by atoms with Gasteiger partial charge in [-0.15, -0.1) is 0 Å². The van der Waals surface area contributed by atoms with E-state index in [4.69, 9.17) is 11.6 Å². The second-order valence-electron chi connectivity index (χ2n) is 4.33. The number of benzene rings is 2. The second-order valence-corrected chi connectivity index (χ2v) is 4.74. The van der Waals surface area contributed by atoms with Crippen molar-refractivity contribution in [3.05, 3.63) is 64.7 Å². The molecule has 0 heterocycles. The van der Waals surface area contributed by atoms with Crippen LogP contribution >= 0.6 is 11.6 Å². The van der Waals surface area contributed by atoms with Crippen LogP contribution in [0.25, 0.3) is 0 Å². The molecular formula is C15H11ClF2N2O2. The van der Waals surface area contributed by atoms with Crippen LogP contribution in [0.4, 0.5) is 14.5 Å². The molecule has 7 heteroatoms. The molecule has 0 spiro atoms. The Balaban J connectivity index is 1.93. The van der Waals surface area contributed by atoms with Gasteiger partial charge in [-0.25, -0.2) is 8.78 Å². The Morgan fingerprint density at radius 3 is 2.36 bits per heavy atom. The molecular weight excluding hydrogens is 314 g/mol. The van der Waals surface area contributed by atoms with Crippen molar-refractivity contribution >= 4 is 29.1 Å². The van der Waals surface area contributed by atoms with E-state index in [2.05, 4.69) is 10.6 Å². The Hall–Kier alpha value is -2.47. The van der Waals surface area contributed by atoms with Crippen LogP contribution in [0.5, 0.6) is 0 Å². The fourth-order valence-electron chi connectivity index (χ4n) is 1.70. The van der Waals surface area contributed by atoms with Crippen molar-refractivity contribution in [1.29, 1.82) is 0 Å². The highest BCUT2D eigenvalue weighted by Crippen LogP contribution is 2.18. The van der Waals surface area contributed by atoms with E-state index < -0.39 is 23.4 Å². The Morgan fingerprint density at radius 2 is 1.73 bits per heavy atom. The summed E-state index contributed by atoms with van der Waals surface area (Å²) in [5.74, 6) is -2.53. The summed E-state index contributed by atoms with van der Waals surface area (Å²) in [7, 11) is 0. The number of hydrogen-bond donors (Lipinski definition) is 2. The molecule has 0 aliphatic rings. The number of rotatable bonds is 4. The first-order valence-corrected chi connectivity index (χ1v) is 6.63. The highest BCUT2D eigenvalue weighted by Gasteiger charge is 2.16. The third-order valence-corrected chi connectivity index (χ3v) is 3.04. The fraction of sp³-hybridized carbons (Fsp3) is 0.0667. The summed E-state index contributed by atoms with van der Waals surface area (Å²) in [6, 6.07) is 8.97. The van der Waals surface area contributed by atoms with Gasteiger partial charge in [-0.2, -0.15) is 0 Å². The van der Waals surface area contributed by atoms with Gasteiger partial charge >= 0.3 is 0 Å². The smallest absolute Gasteiger partial charge is 0.256 e. The summed E-state index contributed by atoms with van der Waals surface area (Å²) in [5.41, 5.74) is 0.0586. The highest BCUT2D eigenvalue weighted by molar-refractivity contribution is 6.33. The summed E-state index contributed by atoms with van der Waals surface area (Å²) in [6.07, 6.45) is 0. The molecule has 0 aromatic heterocycles. The van der Waals surface area contributed by atoms with E-state index in [9.17, 15) is 18.4 Å². The Bertz CT molecular complexity index is 685. The number of anilines is 1. The average molecular weight is 325 g/mol. The molecule has 114 valence electrons. The van der Waals surface area contributed by atoms with Crippen molar-refractivity contribution < 1.29 is 18.4 Å². The van der Waals surface area contributed by atoms with Gasteiger partial charge < -0.3 is 10.6 Å². The molecule has 0 radical (unpaired) electrons. The lowest BCUT2D eigenvalue weighted by molar-refractivity contribution is -0.115. The zero-order valence-corrected chi connectivity index (χ0v) is 12.0. The average Bonchev–Trinajstić information content (AvgIpc) is 2.47. The molecule has 0 aliphatic carbocycles. The molecule has 0 aliphatic heterocycles. The predicted molar refractivity (Wildman–Crippen MR) is 78.8 cm³/mol. The minimum atomic E-state index is -0.794. The lowest BCUT2D eigenvalue weighted by Crippen LogP contribution is -2.33. The lowest BCUT2D eigenvalue weighted by atomic mass is 10.2. The summed E-state index contributed by atoms with van der Waals surface area (Å²) < 4.78 is 26.3. The summed E-state index contributed by atoms with van der Waals surface area (Å²) in [5, 5.41) is 4.68. The monoisotopic (exact) mass is 324 g/mol. The van der Waals surface area contributed by atoms with Crippen molar-refractivity contribution in [2.45, 2.75) is 0 Å². The van der Waals surface area contributed by atoms with Gasteiger partial charge in [0, 0.05) is 5.69 Å². The Morgan fingerprint density at radius 1 is 1.05 bits per heavy atom. The largest absolute Gasteiger partial charge is 0.343 e. The number of nitrogens with one attached hydrogen (secondary N) is 2. The molecule has 0 atom stereocenters. The van der Waals surface area contributed by atoms with E-state index in [1.54, 1.807) is 0 Å². The third-order valence-electron chi connectivity index (χ3n) is 2.73. The van der Waals surface area contributed by atoms with Gasteiger partial charge in [-0.05, 0) is 36.4 Å². The van der Waals surface area contributed by atoms with Gasteiger partial charge in [-0.1, -0.05) is 17.7 Å². The first kappa shape index (κ1) is 15.9. The maximum Gasteiger partial charge on any atom is 0.256 e. The maximum atomic E-state index is 13.5. The van der Waals surface area contributed by atoms with Gasteiger partial charge in [0.15, 0.2) is 0 Å². The van der Waals surface area contributed by atoms with E-state index in [1.807, 2.05) is 0 Å². The fourth-order valence-corrected chi connectivity index (χ4v) is 1.95. The van der Waals surface area contributed by atoms with E-state index in [0.717, 1.165) is 6.07 Å². The molecule has 2 amide bonds. The molecule has 4 nitrogen and oxygen atoms in total. The van der Waals surface area contributed by atoms with E-state index in [1.165, 1.54) is 36.4 Å². The predicted octanol–water partition coefficient (Wildman–Crippen LogP) is 2.99. The highest BCUT2D eigenvalue weighted by atomic mass is 35.5. The van der Waals surface area contributed by atoms with Gasteiger partial charge in [0.25, 0.3) is 5.91 Å². The summed E-state index contributed by atoms with van der Waals surface area (Å²) in [4.78, 5) is 23.5. The summed E-state index contributed by atoms with van der Waals surface area (Å²) >= 11 is 5.75. The van der Waals surface area contributed by atoms with Crippen molar-refractivity contribution in [3.8, 4) is 0 Å². The Kier molecular flexibility index (Phi) is 5.06. The topological polar surface area (TPSA) is 58.2 Å². The molecule has 2 aromatic rings. The minimum absolute atomic E-state index is 0.0450. The van der Waals surface area contributed by atoms with E-state index in [0.29, 0.717) is 5.69 Å². The molecule has 2 rings (SSSR count). The summed E-state index contributed by atoms with van der Waals surface area (Å²) in [6.45, 7) is -0.374. The molecule has 2 aromatic carbocycles. The van der Waals surface area contributed by atoms with Crippen LogP contribution in [-0.2, 0) is 4.79 Å². The van der Waals surface area contributed by atoms with Crippen molar-refractivity contribution in [3.63, 3.8) is 0 Å². The molecule has 0 saturated carbocycles. The molecule has 22 heavy (non-hydrogen) atoms. The van der Waals surface area contributed by atoms with E-state index in [-0.39, 0.29) is 17.1 Å². The minimum Gasteiger partial charge on any atom is -0.343 e. The van der Waals surface area contributed by atoms with Crippen LogP contribution in [0.15, 0.2) is 42.5 Å². The lowest BCUT2D eigenvalue weighted by Gasteiger charge is -2.08. The maximum absolute atomic E-state index is 13.5. The normalized spacial score (nSPS) is 10.1. The van der Waals surface area contributed by atoms with Gasteiger partial charge in [0.1, 0.15) is 11.6 Å². The third kappa shape index (κ3) is 4.02. The van der Waals surface area contributed by atoms with Crippen LogP contribution < -0.4 is 10.6 Å². The van der Waals surface area contributed by atoms with Crippen molar-refractivity contribution in [2.24, 2.45) is 0 Å². The van der Waals surface area contributed by atoms with Crippen LogP contribution in [-0.4, -0.2) is 18.4 Å². The standard InChI is InChI=1S/C15H11ClF2N2O2/c16-11-2-1-3-12(18)14(11)15(22)19-8-13(21)20-10-6-4-9(17)5-7-10/h1-7H,8H2,(H,19,22)(H,20,21). The van der Waals surface area contributed by atoms with Gasteiger partial charge in [-0.3, -0.25) is 9.59 Å². The zero-order chi connectivity index (χ0) is 16.1.